The number of hydrogen-bond acceptors (Lipinski definition) is 3. The Labute approximate surface area is 102 Å². The van der Waals surface area contributed by atoms with Crippen LogP contribution in [0.1, 0.15) is 26.2 Å². The highest BCUT2D eigenvalue weighted by molar-refractivity contribution is 8.24. The summed E-state index contributed by atoms with van der Waals surface area (Å²) in [7, 11) is 0. The molecule has 0 aromatic heterocycles. The first-order valence-corrected chi connectivity index (χ1v) is 6.81. The Morgan fingerprint density at radius 1 is 1.47 bits per heavy atom. The summed E-state index contributed by atoms with van der Waals surface area (Å²) >= 11 is 6.99. The van der Waals surface area contributed by atoms with Crippen LogP contribution >= 0.6 is 24.0 Å². The Bertz CT molecular complexity index is 213. The fraction of sp³-hybridized carbons (Fsp3) is 0.727. The zero-order valence-corrected chi connectivity index (χ0v) is 10.9. The molecule has 0 radical (unpaired) electrons. The number of thioether (sulfide) groups is 1. The van der Waals surface area contributed by atoms with Crippen molar-refractivity contribution in [3.8, 4) is 0 Å². The van der Waals surface area contributed by atoms with Gasteiger partial charge in [0.2, 0.25) is 0 Å². The van der Waals surface area contributed by atoms with Gasteiger partial charge in [-0.2, -0.15) is 0 Å². The van der Waals surface area contributed by atoms with Gasteiger partial charge < -0.3 is 9.64 Å². The van der Waals surface area contributed by atoms with Crippen molar-refractivity contribution in [2.45, 2.75) is 26.2 Å². The van der Waals surface area contributed by atoms with Crippen molar-refractivity contribution in [1.82, 2.24) is 4.90 Å². The number of morpholine rings is 1. The molecule has 0 aromatic rings. The minimum atomic E-state index is 0.806. The Morgan fingerprint density at radius 2 is 2.20 bits per heavy atom. The molecule has 1 fully saturated rings. The summed E-state index contributed by atoms with van der Waals surface area (Å²) in [6, 6.07) is 0. The molecule has 1 aliphatic rings. The second-order valence-electron chi connectivity index (χ2n) is 3.50. The molecule has 1 saturated heterocycles. The fourth-order valence-corrected chi connectivity index (χ4v) is 2.35. The molecular formula is C11H19NOS2. The van der Waals surface area contributed by atoms with Gasteiger partial charge >= 0.3 is 0 Å². The first-order valence-electron chi connectivity index (χ1n) is 5.53. The van der Waals surface area contributed by atoms with Gasteiger partial charge in [0.1, 0.15) is 4.32 Å². The standard InChI is InChI=1S/C11H19NOS2/c1-2-3-4-5-10-15-11(14)12-6-8-13-9-7-12/h5,10H,2-4,6-9H2,1H3/b10-5-. The van der Waals surface area contributed by atoms with E-state index in [0.29, 0.717) is 0 Å². The van der Waals surface area contributed by atoms with Crippen LogP contribution in [0.4, 0.5) is 0 Å². The molecule has 0 atom stereocenters. The largest absolute Gasteiger partial charge is 0.378 e. The Hall–Kier alpha value is -0.0600. The second kappa shape index (κ2) is 8.13. The topological polar surface area (TPSA) is 12.5 Å². The van der Waals surface area contributed by atoms with Crippen LogP contribution in [0.3, 0.4) is 0 Å². The zero-order chi connectivity index (χ0) is 10.9. The Morgan fingerprint density at radius 3 is 2.87 bits per heavy atom. The molecule has 0 bridgehead atoms. The molecule has 0 aliphatic carbocycles. The summed E-state index contributed by atoms with van der Waals surface area (Å²) in [6.07, 6.45) is 5.89. The van der Waals surface area contributed by atoms with Crippen molar-refractivity contribution in [2.24, 2.45) is 0 Å². The molecule has 1 rings (SSSR count). The number of rotatable bonds is 4. The highest BCUT2D eigenvalue weighted by Gasteiger charge is 2.12. The van der Waals surface area contributed by atoms with E-state index in [1.54, 1.807) is 11.8 Å². The van der Waals surface area contributed by atoms with Crippen LogP contribution in [0.2, 0.25) is 0 Å². The van der Waals surface area contributed by atoms with Crippen LogP contribution in [0, 0.1) is 0 Å². The quantitative estimate of drug-likeness (QED) is 0.557. The molecule has 0 aromatic carbocycles. The number of unbranched alkanes of at least 4 members (excludes halogenated alkanes) is 2. The molecule has 0 amide bonds. The van der Waals surface area contributed by atoms with Crippen molar-refractivity contribution in [3.63, 3.8) is 0 Å². The highest BCUT2D eigenvalue weighted by atomic mass is 32.2. The average molecular weight is 245 g/mol. The lowest BCUT2D eigenvalue weighted by atomic mass is 10.2. The lowest BCUT2D eigenvalue weighted by Crippen LogP contribution is -2.38. The van der Waals surface area contributed by atoms with Crippen molar-refractivity contribution in [3.05, 3.63) is 11.5 Å². The third-order valence-corrected chi connectivity index (χ3v) is 3.59. The molecule has 0 saturated carbocycles. The monoisotopic (exact) mass is 245 g/mol. The highest BCUT2D eigenvalue weighted by Crippen LogP contribution is 2.13. The molecule has 0 N–H and O–H groups in total. The lowest BCUT2D eigenvalue weighted by molar-refractivity contribution is 0.0702. The summed E-state index contributed by atoms with van der Waals surface area (Å²) in [6.45, 7) is 5.70. The first kappa shape index (κ1) is 13.0. The number of thiocarbonyl (C=S) groups is 1. The van der Waals surface area contributed by atoms with E-state index in [4.69, 9.17) is 17.0 Å². The fourth-order valence-electron chi connectivity index (χ4n) is 1.32. The minimum Gasteiger partial charge on any atom is -0.378 e. The van der Waals surface area contributed by atoms with E-state index in [0.717, 1.165) is 37.0 Å². The maximum Gasteiger partial charge on any atom is 0.140 e. The van der Waals surface area contributed by atoms with E-state index >= 15 is 0 Å². The zero-order valence-electron chi connectivity index (χ0n) is 9.28. The lowest BCUT2D eigenvalue weighted by Gasteiger charge is -2.27. The molecule has 1 heterocycles. The predicted molar refractivity (Wildman–Crippen MR) is 71.2 cm³/mol. The summed E-state index contributed by atoms with van der Waals surface area (Å²) in [5.74, 6) is 0. The van der Waals surface area contributed by atoms with E-state index < -0.39 is 0 Å². The number of hydrogen-bond donors (Lipinski definition) is 0. The van der Waals surface area contributed by atoms with Crippen molar-refractivity contribution in [1.29, 1.82) is 0 Å². The average Bonchev–Trinajstić information content (AvgIpc) is 2.30. The van der Waals surface area contributed by atoms with Crippen LogP contribution in [-0.2, 0) is 4.74 Å². The van der Waals surface area contributed by atoms with Crippen molar-refractivity contribution in [2.75, 3.05) is 26.3 Å². The van der Waals surface area contributed by atoms with Crippen LogP contribution in [0.25, 0.3) is 0 Å². The van der Waals surface area contributed by atoms with Crippen LogP contribution in [0.5, 0.6) is 0 Å². The van der Waals surface area contributed by atoms with Gasteiger partial charge in [0, 0.05) is 13.1 Å². The molecule has 15 heavy (non-hydrogen) atoms. The van der Waals surface area contributed by atoms with Crippen molar-refractivity contribution >= 4 is 28.3 Å². The van der Waals surface area contributed by atoms with Gasteiger partial charge in [0.15, 0.2) is 0 Å². The molecule has 0 spiro atoms. The summed E-state index contributed by atoms with van der Waals surface area (Å²) in [4.78, 5) is 2.22. The van der Waals surface area contributed by atoms with E-state index in [-0.39, 0.29) is 0 Å². The second-order valence-corrected chi connectivity index (χ2v) is 5.04. The number of nitrogens with zero attached hydrogens (tertiary/aromatic N) is 1. The van der Waals surface area contributed by atoms with Gasteiger partial charge in [-0.05, 0) is 11.8 Å². The first-order chi connectivity index (χ1) is 7.34. The molecule has 86 valence electrons. The molecule has 0 unspecified atom stereocenters. The molecule has 2 nitrogen and oxygen atoms in total. The predicted octanol–water partition coefficient (Wildman–Crippen LogP) is 3.04. The molecular weight excluding hydrogens is 226 g/mol. The Kier molecular flexibility index (Phi) is 7.05. The van der Waals surface area contributed by atoms with Gasteiger partial charge in [-0.25, -0.2) is 0 Å². The number of ether oxygens (including phenoxy) is 1. The van der Waals surface area contributed by atoms with Gasteiger partial charge in [-0.15, -0.1) is 0 Å². The molecule has 4 heteroatoms. The maximum absolute atomic E-state index is 5.33. The molecule has 1 aliphatic heterocycles. The third-order valence-electron chi connectivity index (χ3n) is 2.26. The van der Waals surface area contributed by atoms with Crippen molar-refractivity contribution < 1.29 is 4.74 Å². The van der Waals surface area contributed by atoms with E-state index in [2.05, 4.69) is 23.3 Å². The van der Waals surface area contributed by atoms with Gasteiger partial charge in [-0.3, -0.25) is 0 Å². The Balaban J connectivity index is 2.14. The van der Waals surface area contributed by atoms with E-state index in [1.165, 1.54) is 12.8 Å². The number of allylic oxidation sites excluding steroid dienone is 1. The van der Waals surface area contributed by atoms with E-state index in [1.807, 2.05) is 0 Å². The third kappa shape index (κ3) is 5.54. The summed E-state index contributed by atoms with van der Waals surface area (Å²) in [5.41, 5.74) is 0. The van der Waals surface area contributed by atoms with Gasteiger partial charge in [-0.1, -0.05) is 49.8 Å². The van der Waals surface area contributed by atoms with Gasteiger partial charge in [0.25, 0.3) is 0 Å². The smallest absolute Gasteiger partial charge is 0.140 e. The summed E-state index contributed by atoms with van der Waals surface area (Å²) < 4.78 is 6.26. The SMILES string of the molecule is CCCC/C=C\SC(=S)N1CCOCC1. The van der Waals surface area contributed by atoms with Crippen LogP contribution < -0.4 is 0 Å². The minimum absolute atomic E-state index is 0.806. The van der Waals surface area contributed by atoms with E-state index in [9.17, 15) is 0 Å². The van der Waals surface area contributed by atoms with Crippen LogP contribution in [0.15, 0.2) is 11.5 Å². The normalized spacial score (nSPS) is 17.3. The maximum atomic E-state index is 5.33. The van der Waals surface area contributed by atoms with Gasteiger partial charge in [0.05, 0.1) is 13.2 Å². The summed E-state index contributed by atoms with van der Waals surface area (Å²) in [5, 5.41) is 2.12. The van der Waals surface area contributed by atoms with Crippen LogP contribution in [-0.4, -0.2) is 35.5 Å².